The molecule has 0 radical (unpaired) electrons. The van der Waals surface area contributed by atoms with Crippen molar-refractivity contribution < 1.29 is 19.1 Å². The predicted octanol–water partition coefficient (Wildman–Crippen LogP) is -0.0442. The average Bonchev–Trinajstić information content (AvgIpc) is 3.06. The molecule has 7 heteroatoms. The number of nitrogens with zero attached hydrogens (tertiary/aromatic N) is 2. The largest absolute Gasteiger partial charge is 0.468 e. The van der Waals surface area contributed by atoms with Crippen LogP contribution in [0.25, 0.3) is 0 Å². The monoisotopic (exact) mass is 283 g/mol. The number of esters is 1. The summed E-state index contributed by atoms with van der Waals surface area (Å²) in [5.74, 6) is -0.492. The van der Waals surface area contributed by atoms with E-state index in [1.54, 1.807) is 0 Å². The van der Waals surface area contributed by atoms with Crippen LogP contribution in [0.1, 0.15) is 25.7 Å². The summed E-state index contributed by atoms with van der Waals surface area (Å²) in [4.78, 5) is 37.7. The van der Waals surface area contributed by atoms with Crippen molar-refractivity contribution in [3.05, 3.63) is 0 Å². The summed E-state index contributed by atoms with van der Waals surface area (Å²) in [5.41, 5.74) is 0. The van der Waals surface area contributed by atoms with Crippen LogP contribution < -0.4 is 5.32 Å². The van der Waals surface area contributed by atoms with Crippen LogP contribution in [0.15, 0.2) is 0 Å². The van der Waals surface area contributed by atoms with E-state index in [2.05, 4.69) is 5.32 Å². The molecule has 112 valence electrons. The molecule has 0 aromatic carbocycles. The predicted molar refractivity (Wildman–Crippen MR) is 71.0 cm³/mol. The van der Waals surface area contributed by atoms with Crippen LogP contribution in [0.3, 0.4) is 0 Å². The van der Waals surface area contributed by atoms with Crippen LogP contribution in [0.2, 0.25) is 0 Å². The highest BCUT2D eigenvalue weighted by molar-refractivity contribution is 6.01. The minimum atomic E-state index is -0.348. The topological polar surface area (TPSA) is 79.0 Å². The van der Waals surface area contributed by atoms with Crippen molar-refractivity contribution in [1.29, 1.82) is 0 Å². The van der Waals surface area contributed by atoms with Crippen LogP contribution in [-0.2, 0) is 14.3 Å². The molecule has 1 aliphatic heterocycles. The number of methoxy groups -OCH3 is 1. The SMILES string of the molecule is COC(=O)CN(CCN1C(=O)CNC1=O)C1CCCC1. The highest BCUT2D eigenvalue weighted by Gasteiger charge is 2.30. The quantitative estimate of drug-likeness (QED) is 0.546. The molecule has 0 aromatic rings. The fourth-order valence-electron chi connectivity index (χ4n) is 2.80. The zero-order valence-corrected chi connectivity index (χ0v) is 11.8. The molecular weight excluding hydrogens is 262 g/mol. The van der Waals surface area contributed by atoms with E-state index < -0.39 is 0 Å². The van der Waals surface area contributed by atoms with Gasteiger partial charge in [0.1, 0.15) is 0 Å². The first kappa shape index (κ1) is 14.8. The van der Waals surface area contributed by atoms with E-state index in [1.807, 2.05) is 4.90 Å². The molecule has 0 aromatic heterocycles. The Labute approximate surface area is 118 Å². The summed E-state index contributed by atoms with van der Waals surface area (Å²) in [5, 5.41) is 2.49. The molecule has 20 heavy (non-hydrogen) atoms. The van der Waals surface area contributed by atoms with Gasteiger partial charge in [0.25, 0.3) is 0 Å². The van der Waals surface area contributed by atoms with Gasteiger partial charge in [0.2, 0.25) is 5.91 Å². The number of ether oxygens (including phenoxy) is 1. The van der Waals surface area contributed by atoms with Crippen LogP contribution >= 0.6 is 0 Å². The Bertz CT molecular complexity index is 377. The van der Waals surface area contributed by atoms with Gasteiger partial charge in [0.05, 0.1) is 20.2 Å². The van der Waals surface area contributed by atoms with Crippen LogP contribution in [0.5, 0.6) is 0 Å². The van der Waals surface area contributed by atoms with Crippen molar-refractivity contribution in [2.45, 2.75) is 31.7 Å². The number of nitrogens with one attached hydrogen (secondary N) is 1. The van der Waals surface area contributed by atoms with Gasteiger partial charge in [0.15, 0.2) is 0 Å². The smallest absolute Gasteiger partial charge is 0.324 e. The number of carbonyl (C=O) groups excluding carboxylic acids is 3. The van der Waals surface area contributed by atoms with E-state index in [1.165, 1.54) is 12.0 Å². The number of amides is 3. The lowest BCUT2D eigenvalue weighted by molar-refractivity contribution is -0.142. The van der Waals surface area contributed by atoms with Gasteiger partial charge in [-0.15, -0.1) is 0 Å². The minimum Gasteiger partial charge on any atom is -0.468 e. The van der Waals surface area contributed by atoms with Gasteiger partial charge in [-0.2, -0.15) is 0 Å². The Morgan fingerprint density at radius 3 is 2.65 bits per heavy atom. The van der Waals surface area contributed by atoms with Crippen LogP contribution in [-0.4, -0.2) is 67.0 Å². The molecule has 1 N–H and O–H groups in total. The maximum Gasteiger partial charge on any atom is 0.324 e. The van der Waals surface area contributed by atoms with E-state index >= 15 is 0 Å². The molecule has 1 saturated heterocycles. The third-order valence-corrected chi connectivity index (χ3v) is 3.95. The number of imide groups is 1. The molecule has 2 rings (SSSR count). The second-order valence-corrected chi connectivity index (χ2v) is 5.19. The first-order valence-electron chi connectivity index (χ1n) is 7.01. The number of carbonyl (C=O) groups is 3. The van der Waals surface area contributed by atoms with Crippen LogP contribution in [0, 0.1) is 0 Å². The standard InChI is InChI=1S/C13H21N3O4/c1-20-12(18)9-15(10-4-2-3-5-10)6-7-16-11(17)8-14-13(16)19/h10H,2-9H2,1H3,(H,14,19). The summed E-state index contributed by atoms with van der Waals surface area (Å²) < 4.78 is 4.71. The molecule has 0 bridgehead atoms. The molecule has 1 aliphatic carbocycles. The maximum atomic E-state index is 11.5. The Morgan fingerprint density at radius 1 is 1.40 bits per heavy atom. The third kappa shape index (κ3) is 3.47. The Balaban J connectivity index is 1.91. The van der Waals surface area contributed by atoms with Crippen molar-refractivity contribution in [3.8, 4) is 0 Å². The zero-order valence-electron chi connectivity index (χ0n) is 11.8. The van der Waals surface area contributed by atoms with Crippen molar-refractivity contribution in [2.24, 2.45) is 0 Å². The van der Waals surface area contributed by atoms with Gasteiger partial charge in [0, 0.05) is 19.1 Å². The number of urea groups is 1. The van der Waals surface area contributed by atoms with Gasteiger partial charge < -0.3 is 10.1 Å². The van der Waals surface area contributed by atoms with Gasteiger partial charge in [-0.3, -0.25) is 19.4 Å². The highest BCUT2D eigenvalue weighted by atomic mass is 16.5. The number of rotatable bonds is 6. The molecular formula is C13H21N3O4. The summed E-state index contributed by atoms with van der Waals surface area (Å²) in [6, 6.07) is -0.00527. The van der Waals surface area contributed by atoms with E-state index in [0.717, 1.165) is 25.7 Å². The van der Waals surface area contributed by atoms with Gasteiger partial charge in [-0.1, -0.05) is 12.8 Å². The third-order valence-electron chi connectivity index (χ3n) is 3.95. The van der Waals surface area contributed by atoms with E-state index in [4.69, 9.17) is 4.74 Å². The van der Waals surface area contributed by atoms with Crippen molar-refractivity contribution >= 4 is 17.9 Å². The molecule has 2 fully saturated rings. The second kappa shape index (κ2) is 6.69. The molecule has 0 unspecified atom stereocenters. The van der Waals surface area contributed by atoms with E-state index in [-0.39, 0.29) is 31.0 Å². The van der Waals surface area contributed by atoms with E-state index in [0.29, 0.717) is 19.1 Å². The lowest BCUT2D eigenvalue weighted by Gasteiger charge is -2.28. The van der Waals surface area contributed by atoms with Crippen molar-refractivity contribution in [1.82, 2.24) is 15.1 Å². The van der Waals surface area contributed by atoms with Gasteiger partial charge >= 0.3 is 12.0 Å². The molecule has 7 nitrogen and oxygen atoms in total. The maximum absolute atomic E-state index is 11.5. The average molecular weight is 283 g/mol. The summed E-state index contributed by atoms with van der Waals surface area (Å²) in [7, 11) is 1.37. The van der Waals surface area contributed by atoms with Crippen molar-refractivity contribution in [3.63, 3.8) is 0 Å². The minimum absolute atomic E-state index is 0.0687. The fraction of sp³-hybridized carbons (Fsp3) is 0.769. The highest BCUT2D eigenvalue weighted by Crippen LogP contribution is 2.23. The summed E-state index contributed by atoms with van der Waals surface area (Å²) in [6.07, 6.45) is 4.42. The second-order valence-electron chi connectivity index (χ2n) is 5.19. The van der Waals surface area contributed by atoms with E-state index in [9.17, 15) is 14.4 Å². The number of hydrogen-bond donors (Lipinski definition) is 1. The Morgan fingerprint density at radius 2 is 2.10 bits per heavy atom. The molecule has 1 saturated carbocycles. The Hall–Kier alpha value is -1.63. The lowest BCUT2D eigenvalue weighted by Crippen LogP contribution is -2.44. The van der Waals surface area contributed by atoms with Gasteiger partial charge in [-0.25, -0.2) is 4.79 Å². The fourth-order valence-corrected chi connectivity index (χ4v) is 2.80. The molecule has 3 amide bonds. The first-order chi connectivity index (χ1) is 9.61. The molecule has 0 spiro atoms. The lowest BCUT2D eigenvalue weighted by atomic mass is 10.2. The Kier molecular flexibility index (Phi) is 4.94. The normalized spacial score (nSPS) is 19.8. The number of hydrogen-bond acceptors (Lipinski definition) is 5. The molecule has 2 aliphatic rings. The van der Waals surface area contributed by atoms with Crippen molar-refractivity contribution in [2.75, 3.05) is 33.3 Å². The summed E-state index contributed by atoms with van der Waals surface area (Å²) in [6.45, 7) is 1.11. The summed E-state index contributed by atoms with van der Waals surface area (Å²) >= 11 is 0. The molecule has 1 heterocycles. The first-order valence-corrected chi connectivity index (χ1v) is 7.01. The van der Waals surface area contributed by atoms with Gasteiger partial charge in [-0.05, 0) is 12.8 Å². The molecule has 0 atom stereocenters. The van der Waals surface area contributed by atoms with Crippen LogP contribution in [0.4, 0.5) is 4.79 Å². The zero-order chi connectivity index (χ0) is 14.5.